The Hall–Kier alpha value is -1.64. The molecule has 3 N–H and O–H groups in total. The standard InChI is InChI=1S/C23H33N.H2O/c1-2-3-4-5-6-7-8-15-20-24-23(21-16-11-9-12-17-21)22-18-13-10-14-19-22;/h9-14,16-19,23-24H,2-8,15,20H2,1H3;1H2. The third kappa shape index (κ3) is 8.33. The molecule has 0 radical (unpaired) electrons. The van der Waals surface area contributed by atoms with Crippen molar-refractivity contribution in [3.63, 3.8) is 0 Å². The lowest BCUT2D eigenvalue weighted by atomic mass is 9.98. The van der Waals surface area contributed by atoms with Crippen LogP contribution in [0.25, 0.3) is 0 Å². The van der Waals surface area contributed by atoms with Crippen LogP contribution in [0.15, 0.2) is 60.7 Å². The normalized spacial score (nSPS) is 10.6. The zero-order valence-corrected chi connectivity index (χ0v) is 15.7. The second-order valence-corrected chi connectivity index (χ2v) is 6.68. The molecule has 0 amide bonds. The first-order valence-corrected chi connectivity index (χ1v) is 9.75. The zero-order chi connectivity index (χ0) is 16.9. The van der Waals surface area contributed by atoms with Crippen LogP contribution in [0.3, 0.4) is 0 Å². The summed E-state index contributed by atoms with van der Waals surface area (Å²) in [6.07, 6.45) is 11.0. The van der Waals surface area contributed by atoms with Gasteiger partial charge >= 0.3 is 0 Å². The molecule has 2 aromatic carbocycles. The molecule has 25 heavy (non-hydrogen) atoms. The topological polar surface area (TPSA) is 43.5 Å². The Morgan fingerprint density at radius 1 is 0.640 bits per heavy atom. The molecule has 2 rings (SSSR count). The predicted octanol–water partition coefficient (Wildman–Crippen LogP) is 5.68. The van der Waals surface area contributed by atoms with Gasteiger partial charge in [0.1, 0.15) is 0 Å². The number of nitrogens with one attached hydrogen (secondary N) is 1. The van der Waals surface area contributed by atoms with Crippen molar-refractivity contribution < 1.29 is 5.48 Å². The second kappa shape index (κ2) is 13.6. The van der Waals surface area contributed by atoms with Gasteiger partial charge in [0.15, 0.2) is 0 Å². The van der Waals surface area contributed by atoms with Crippen LogP contribution in [0.2, 0.25) is 0 Å². The van der Waals surface area contributed by atoms with Crippen LogP contribution in [-0.4, -0.2) is 12.0 Å². The van der Waals surface area contributed by atoms with Gasteiger partial charge in [0, 0.05) is 0 Å². The van der Waals surface area contributed by atoms with Crippen molar-refractivity contribution in [3.8, 4) is 0 Å². The molecule has 0 saturated heterocycles. The number of hydrogen-bond acceptors (Lipinski definition) is 1. The molecule has 0 fully saturated rings. The highest BCUT2D eigenvalue weighted by molar-refractivity contribution is 5.31. The highest BCUT2D eigenvalue weighted by Crippen LogP contribution is 2.21. The largest absolute Gasteiger partial charge is 0.412 e. The summed E-state index contributed by atoms with van der Waals surface area (Å²) in [5.41, 5.74) is 2.70. The van der Waals surface area contributed by atoms with E-state index < -0.39 is 0 Å². The molecule has 0 aliphatic rings. The summed E-state index contributed by atoms with van der Waals surface area (Å²) in [6.45, 7) is 3.37. The van der Waals surface area contributed by atoms with E-state index in [1.165, 1.54) is 62.5 Å². The molecule has 2 aromatic rings. The van der Waals surface area contributed by atoms with Crippen molar-refractivity contribution >= 4 is 0 Å². The van der Waals surface area contributed by atoms with Gasteiger partial charge in [0.2, 0.25) is 0 Å². The Morgan fingerprint density at radius 3 is 1.56 bits per heavy atom. The van der Waals surface area contributed by atoms with E-state index >= 15 is 0 Å². The number of hydrogen-bond donors (Lipinski definition) is 1. The summed E-state index contributed by atoms with van der Waals surface area (Å²) in [6, 6.07) is 21.9. The maximum atomic E-state index is 3.76. The van der Waals surface area contributed by atoms with Gasteiger partial charge in [-0.1, -0.05) is 113 Å². The predicted molar refractivity (Wildman–Crippen MR) is 109 cm³/mol. The van der Waals surface area contributed by atoms with E-state index in [9.17, 15) is 0 Å². The monoisotopic (exact) mass is 341 g/mol. The Bertz CT molecular complexity index is 487. The highest BCUT2D eigenvalue weighted by Gasteiger charge is 2.12. The summed E-state index contributed by atoms with van der Waals surface area (Å²) in [4.78, 5) is 0. The van der Waals surface area contributed by atoms with Gasteiger partial charge in [0.05, 0.1) is 6.04 Å². The van der Waals surface area contributed by atoms with Crippen LogP contribution in [-0.2, 0) is 0 Å². The van der Waals surface area contributed by atoms with E-state index in [0.717, 1.165) is 6.54 Å². The van der Waals surface area contributed by atoms with Crippen LogP contribution in [0, 0.1) is 0 Å². The molecule has 0 aliphatic heterocycles. The van der Waals surface area contributed by atoms with E-state index in [4.69, 9.17) is 0 Å². The third-order valence-corrected chi connectivity index (χ3v) is 4.64. The number of benzene rings is 2. The fraction of sp³-hybridized carbons (Fsp3) is 0.478. The van der Waals surface area contributed by atoms with E-state index in [1.807, 2.05) is 0 Å². The van der Waals surface area contributed by atoms with Crippen LogP contribution < -0.4 is 5.32 Å². The average molecular weight is 342 g/mol. The fourth-order valence-electron chi connectivity index (χ4n) is 3.22. The van der Waals surface area contributed by atoms with Gasteiger partial charge in [0.25, 0.3) is 0 Å². The minimum Gasteiger partial charge on any atom is -0.412 e. The first-order valence-electron chi connectivity index (χ1n) is 9.75. The second-order valence-electron chi connectivity index (χ2n) is 6.68. The van der Waals surface area contributed by atoms with Gasteiger partial charge in [-0.2, -0.15) is 0 Å². The molecular formula is C23H35NO. The first kappa shape index (κ1) is 21.4. The number of rotatable bonds is 12. The minimum absolute atomic E-state index is 0. The average Bonchev–Trinajstić information content (AvgIpc) is 2.65. The molecule has 0 aliphatic carbocycles. The van der Waals surface area contributed by atoms with Gasteiger partial charge in [-0.3, -0.25) is 0 Å². The number of unbranched alkanes of at least 4 members (excludes halogenated alkanes) is 7. The molecule has 0 unspecified atom stereocenters. The van der Waals surface area contributed by atoms with Gasteiger partial charge in [-0.15, -0.1) is 0 Å². The van der Waals surface area contributed by atoms with Crippen molar-refractivity contribution in [2.45, 2.75) is 64.3 Å². The summed E-state index contributed by atoms with van der Waals surface area (Å²) >= 11 is 0. The first-order chi connectivity index (χ1) is 11.9. The molecule has 0 aromatic heterocycles. The SMILES string of the molecule is CCCCCCCCCCNC(c1ccccc1)c1ccccc1.O. The third-order valence-electron chi connectivity index (χ3n) is 4.64. The lowest BCUT2D eigenvalue weighted by molar-refractivity contribution is 0.534. The Morgan fingerprint density at radius 2 is 1.08 bits per heavy atom. The van der Waals surface area contributed by atoms with Gasteiger partial charge in [-0.05, 0) is 24.1 Å². The van der Waals surface area contributed by atoms with Gasteiger partial charge < -0.3 is 10.8 Å². The highest BCUT2D eigenvalue weighted by atomic mass is 16.0. The Balaban J connectivity index is 0.00000312. The van der Waals surface area contributed by atoms with Crippen LogP contribution in [0.5, 0.6) is 0 Å². The lowest BCUT2D eigenvalue weighted by Crippen LogP contribution is -2.23. The summed E-state index contributed by atoms with van der Waals surface area (Å²) < 4.78 is 0. The molecule has 2 nitrogen and oxygen atoms in total. The van der Waals surface area contributed by atoms with Crippen molar-refractivity contribution in [2.75, 3.05) is 6.54 Å². The molecule has 2 heteroatoms. The zero-order valence-electron chi connectivity index (χ0n) is 15.7. The molecule has 0 spiro atoms. The molecule has 0 saturated carbocycles. The summed E-state index contributed by atoms with van der Waals surface area (Å²) in [5, 5.41) is 3.76. The Labute approximate surface area is 154 Å². The quantitative estimate of drug-likeness (QED) is 0.496. The van der Waals surface area contributed by atoms with E-state index in [0.29, 0.717) is 6.04 Å². The molecular weight excluding hydrogens is 306 g/mol. The fourth-order valence-corrected chi connectivity index (χ4v) is 3.22. The van der Waals surface area contributed by atoms with Crippen LogP contribution in [0.4, 0.5) is 0 Å². The lowest BCUT2D eigenvalue weighted by Gasteiger charge is -2.20. The van der Waals surface area contributed by atoms with Crippen molar-refractivity contribution in [1.29, 1.82) is 0 Å². The van der Waals surface area contributed by atoms with E-state index in [-0.39, 0.29) is 5.48 Å². The van der Waals surface area contributed by atoms with Crippen molar-refractivity contribution in [2.24, 2.45) is 0 Å². The summed E-state index contributed by atoms with van der Waals surface area (Å²) in [5.74, 6) is 0. The maximum absolute atomic E-state index is 3.76. The van der Waals surface area contributed by atoms with Crippen LogP contribution in [0.1, 0.15) is 75.5 Å². The summed E-state index contributed by atoms with van der Waals surface area (Å²) in [7, 11) is 0. The molecule has 0 atom stereocenters. The van der Waals surface area contributed by atoms with E-state index in [2.05, 4.69) is 72.9 Å². The van der Waals surface area contributed by atoms with Crippen molar-refractivity contribution in [3.05, 3.63) is 71.8 Å². The maximum Gasteiger partial charge on any atom is 0.0576 e. The minimum atomic E-state index is 0. The smallest absolute Gasteiger partial charge is 0.0576 e. The molecule has 138 valence electrons. The molecule has 0 heterocycles. The Kier molecular flexibility index (Phi) is 11.7. The van der Waals surface area contributed by atoms with Crippen LogP contribution >= 0.6 is 0 Å². The van der Waals surface area contributed by atoms with E-state index in [1.54, 1.807) is 0 Å². The van der Waals surface area contributed by atoms with Crippen molar-refractivity contribution in [1.82, 2.24) is 5.32 Å². The molecule has 0 bridgehead atoms. The van der Waals surface area contributed by atoms with Gasteiger partial charge in [-0.25, -0.2) is 0 Å².